The molecule has 1 aliphatic heterocycles. The van der Waals surface area contributed by atoms with Crippen LogP contribution >= 0.6 is 46.8 Å². The Morgan fingerprint density at radius 3 is 2.68 bits per heavy atom. The molecule has 2 amide bonds. The number of alkyl halides is 3. The first kappa shape index (κ1) is 15.4. The van der Waals surface area contributed by atoms with Crippen LogP contribution in [0.1, 0.15) is 25.7 Å². The summed E-state index contributed by atoms with van der Waals surface area (Å²) < 4.78 is -0.674. The fourth-order valence-electron chi connectivity index (χ4n) is 4.66. The number of imide groups is 1. The van der Waals surface area contributed by atoms with E-state index < -0.39 is 8.54 Å². The second-order valence-electron chi connectivity index (χ2n) is 6.38. The molecule has 0 aromatic carbocycles. The minimum absolute atomic E-state index is 0.202. The van der Waals surface area contributed by atoms with Crippen LogP contribution in [0.3, 0.4) is 0 Å². The van der Waals surface area contributed by atoms with Gasteiger partial charge in [-0.3, -0.25) is 9.59 Å². The SMILES string of the molecule is O=C1C2=CC3C=CC2(C(=O)N1SC(Cl)(Cl)Cl)C1CCCCC31. The first-order chi connectivity index (χ1) is 10.3. The van der Waals surface area contributed by atoms with Crippen LogP contribution in [0.25, 0.3) is 0 Å². The summed E-state index contributed by atoms with van der Waals surface area (Å²) in [6.07, 6.45) is 10.4. The van der Waals surface area contributed by atoms with Gasteiger partial charge in [0.25, 0.3) is 14.9 Å². The molecule has 1 spiro atoms. The van der Waals surface area contributed by atoms with E-state index in [0.717, 1.165) is 23.6 Å². The molecule has 5 rings (SSSR count). The van der Waals surface area contributed by atoms with Crippen LogP contribution in [0.5, 0.6) is 0 Å². The van der Waals surface area contributed by atoms with Gasteiger partial charge >= 0.3 is 0 Å². The predicted octanol–water partition coefficient (Wildman–Crippen LogP) is 4.25. The lowest BCUT2D eigenvalue weighted by Gasteiger charge is -2.50. The zero-order valence-corrected chi connectivity index (χ0v) is 14.7. The minimum atomic E-state index is -1.73. The van der Waals surface area contributed by atoms with Gasteiger partial charge in [-0.25, -0.2) is 4.31 Å². The maximum atomic E-state index is 13.1. The molecule has 1 saturated carbocycles. The fourth-order valence-corrected chi connectivity index (χ4v) is 5.91. The van der Waals surface area contributed by atoms with E-state index in [9.17, 15) is 9.59 Å². The van der Waals surface area contributed by atoms with E-state index >= 15 is 0 Å². The van der Waals surface area contributed by atoms with Crippen molar-refractivity contribution < 1.29 is 9.59 Å². The van der Waals surface area contributed by atoms with Gasteiger partial charge < -0.3 is 0 Å². The molecule has 7 heteroatoms. The zero-order valence-electron chi connectivity index (χ0n) is 11.6. The molecule has 22 heavy (non-hydrogen) atoms. The number of carbonyl (C=O) groups excluding carboxylic acids is 2. The Balaban J connectivity index is 1.79. The average molecular weight is 379 g/mol. The highest BCUT2D eigenvalue weighted by Crippen LogP contribution is 2.62. The minimum Gasteiger partial charge on any atom is -0.272 e. The molecule has 118 valence electrons. The van der Waals surface area contributed by atoms with E-state index in [1.807, 2.05) is 12.2 Å². The summed E-state index contributed by atoms with van der Waals surface area (Å²) >= 11 is 18.0. The number of hydrogen-bond acceptors (Lipinski definition) is 3. The molecule has 1 heterocycles. The zero-order chi connectivity index (χ0) is 15.7. The Hall–Kier alpha value is -0.160. The molecule has 0 N–H and O–H groups in total. The summed E-state index contributed by atoms with van der Waals surface area (Å²) in [7, 11) is 0. The number of hydrogen-bond donors (Lipinski definition) is 0. The Bertz CT molecular complexity index is 627. The summed E-state index contributed by atoms with van der Waals surface area (Å²) in [5, 5.41) is 0. The van der Waals surface area contributed by atoms with Crippen LogP contribution in [0.2, 0.25) is 0 Å². The molecular weight excluding hydrogens is 365 g/mol. The topological polar surface area (TPSA) is 37.4 Å². The van der Waals surface area contributed by atoms with Gasteiger partial charge in [0.2, 0.25) is 0 Å². The van der Waals surface area contributed by atoms with Crippen molar-refractivity contribution in [2.75, 3.05) is 0 Å². The van der Waals surface area contributed by atoms with Crippen LogP contribution in [0.4, 0.5) is 0 Å². The lowest BCUT2D eigenvalue weighted by Crippen LogP contribution is -2.49. The van der Waals surface area contributed by atoms with E-state index in [2.05, 4.69) is 6.08 Å². The summed E-state index contributed by atoms with van der Waals surface area (Å²) in [6.45, 7) is 0. The van der Waals surface area contributed by atoms with Gasteiger partial charge in [0, 0.05) is 17.5 Å². The fraction of sp³-hybridized carbons (Fsp3) is 0.600. The van der Waals surface area contributed by atoms with Crippen molar-refractivity contribution in [2.24, 2.45) is 23.2 Å². The first-order valence-corrected chi connectivity index (χ1v) is 9.32. The van der Waals surface area contributed by atoms with Gasteiger partial charge in [0.1, 0.15) is 5.41 Å². The van der Waals surface area contributed by atoms with Crippen molar-refractivity contribution in [1.29, 1.82) is 0 Å². The summed E-state index contributed by atoms with van der Waals surface area (Å²) in [5.74, 6) is 0.355. The van der Waals surface area contributed by atoms with E-state index in [1.54, 1.807) is 0 Å². The molecule has 5 aliphatic rings. The molecule has 0 aromatic heterocycles. The standard InChI is InChI=1S/C15H14Cl3NO2S/c16-15(17,18)22-19-12(20)11-7-8-5-6-14(11,13(19)21)10-4-2-1-3-9(8)10/h5-10H,1-4H2. The summed E-state index contributed by atoms with van der Waals surface area (Å²) in [5.41, 5.74) is -0.227. The maximum absolute atomic E-state index is 13.1. The molecular formula is C15H14Cl3NO2S. The highest BCUT2D eigenvalue weighted by molar-refractivity contribution is 8.03. The Morgan fingerprint density at radius 2 is 1.95 bits per heavy atom. The van der Waals surface area contributed by atoms with Crippen molar-refractivity contribution >= 4 is 58.6 Å². The number of nitrogens with zero attached hydrogens (tertiary/aromatic N) is 1. The van der Waals surface area contributed by atoms with Gasteiger partial charge in [-0.05, 0) is 30.6 Å². The van der Waals surface area contributed by atoms with Crippen molar-refractivity contribution in [3.63, 3.8) is 0 Å². The third-order valence-electron chi connectivity index (χ3n) is 5.43. The van der Waals surface area contributed by atoms with Crippen LogP contribution in [0, 0.1) is 23.2 Å². The van der Waals surface area contributed by atoms with Crippen molar-refractivity contribution in [2.45, 2.75) is 28.8 Å². The van der Waals surface area contributed by atoms with Crippen LogP contribution in [-0.2, 0) is 9.59 Å². The van der Waals surface area contributed by atoms with E-state index in [1.165, 1.54) is 6.42 Å². The highest BCUT2D eigenvalue weighted by Gasteiger charge is 2.65. The van der Waals surface area contributed by atoms with Gasteiger partial charge in [0.15, 0.2) is 0 Å². The van der Waals surface area contributed by atoms with E-state index in [0.29, 0.717) is 23.4 Å². The molecule has 4 unspecified atom stereocenters. The van der Waals surface area contributed by atoms with Crippen molar-refractivity contribution in [1.82, 2.24) is 4.31 Å². The Morgan fingerprint density at radius 1 is 1.23 bits per heavy atom. The second-order valence-corrected chi connectivity index (χ2v) is 10.5. The third kappa shape index (κ3) is 1.97. The molecule has 1 saturated heterocycles. The van der Waals surface area contributed by atoms with Gasteiger partial charge in [-0.2, -0.15) is 0 Å². The van der Waals surface area contributed by atoms with Crippen molar-refractivity contribution in [3.8, 4) is 0 Å². The van der Waals surface area contributed by atoms with Gasteiger partial charge in [-0.15, -0.1) is 0 Å². The first-order valence-electron chi connectivity index (χ1n) is 7.41. The Kier molecular flexibility index (Phi) is 3.44. The van der Waals surface area contributed by atoms with Crippen LogP contribution in [-0.4, -0.2) is 19.2 Å². The largest absolute Gasteiger partial charge is 0.272 e. The number of rotatable bonds is 1. The molecule has 0 radical (unpaired) electrons. The normalized spacial score (nSPS) is 39.9. The lowest BCUT2D eigenvalue weighted by atomic mass is 9.51. The molecule has 4 aliphatic carbocycles. The molecule has 2 fully saturated rings. The highest BCUT2D eigenvalue weighted by atomic mass is 35.6. The second kappa shape index (κ2) is 4.92. The van der Waals surface area contributed by atoms with Crippen molar-refractivity contribution in [3.05, 3.63) is 23.8 Å². The van der Waals surface area contributed by atoms with Gasteiger partial charge in [0.05, 0.1) is 0 Å². The maximum Gasteiger partial charge on any atom is 0.267 e. The Labute approximate surface area is 148 Å². The van der Waals surface area contributed by atoms with E-state index in [-0.39, 0.29) is 23.7 Å². The number of carbonyl (C=O) groups is 2. The molecule has 0 aromatic rings. The lowest BCUT2D eigenvalue weighted by molar-refractivity contribution is -0.136. The smallest absolute Gasteiger partial charge is 0.267 e. The van der Waals surface area contributed by atoms with Gasteiger partial charge in [-0.1, -0.05) is 65.9 Å². The van der Waals surface area contributed by atoms with E-state index in [4.69, 9.17) is 34.8 Å². The average Bonchev–Trinajstić information content (AvgIpc) is 2.70. The number of amides is 2. The third-order valence-corrected chi connectivity index (χ3v) is 6.78. The molecule has 3 nitrogen and oxygen atoms in total. The quantitative estimate of drug-likeness (QED) is 0.296. The summed E-state index contributed by atoms with van der Waals surface area (Å²) in [4.78, 5) is 25.8. The molecule has 2 bridgehead atoms. The predicted molar refractivity (Wildman–Crippen MR) is 88.3 cm³/mol. The van der Waals surface area contributed by atoms with Crippen LogP contribution in [0.15, 0.2) is 23.8 Å². The number of halogens is 3. The monoisotopic (exact) mass is 377 g/mol. The van der Waals surface area contributed by atoms with Crippen LogP contribution < -0.4 is 0 Å². The molecule has 4 atom stereocenters. The number of allylic oxidation sites excluding steroid dienone is 2. The summed E-state index contributed by atoms with van der Waals surface area (Å²) in [6, 6.07) is 0.